The Labute approximate surface area is 197 Å². The van der Waals surface area contributed by atoms with Crippen LogP contribution in [0.5, 0.6) is 0 Å². The van der Waals surface area contributed by atoms with E-state index in [0.29, 0.717) is 75.2 Å². The van der Waals surface area contributed by atoms with E-state index in [2.05, 4.69) is 5.32 Å². The van der Waals surface area contributed by atoms with Crippen LogP contribution in [-0.2, 0) is 35.0 Å². The van der Waals surface area contributed by atoms with Crippen molar-refractivity contribution in [1.29, 1.82) is 0 Å². The van der Waals surface area contributed by atoms with Crippen molar-refractivity contribution < 1.29 is 38.1 Å². The monoisotopic (exact) mass is 480 g/mol. The molecule has 0 unspecified atom stereocenters. The van der Waals surface area contributed by atoms with E-state index in [1.165, 1.54) is 0 Å². The number of carboxylic acid groups (broad SMARTS) is 1. The fraction of sp³-hybridized carbons (Fsp3) is 0.522. The molecule has 4 N–H and O–H groups in total. The average molecular weight is 481 g/mol. The van der Waals surface area contributed by atoms with Gasteiger partial charge in [0.25, 0.3) is 0 Å². The SMILES string of the molecule is Cc1c(CC(=O)NCCOCCOCCOCCOCCC(=O)O)c(=O)oc2cc(N)ccc12. The normalized spacial score (nSPS) is 11.1. The number of nitrogen functional groups attached to an aromatic ring is 1. The molecule has 0 spiro atoms. The first-order chi connectivity index (χ1) is 16.4. The quantitative estimate of drug-likeness (QED) is 0.168. The van der Waals surface area contributed by atoms with Crippen LogP contribution in [-0.4, -0.2) is 76.4 Å². The molecule has 1 aromatic carbocycles. The van der Waals surface area contributed by atoms with Crippen molar-refractivity contribution in [2.24, 2.45) is 0 Å². The number of rotatable bonds is 17. The summed E-state index contributed by atoms with van der Waals surface area (Å²) in [7, 11) is 0. The molecular formula is C23H32N2O9. The Morgan fingerprint density at radius 2 is 1.56 bits per heavy atom. The second-order valence-corrected chi connectivity index (χ2v) is 7.37. The number of nitrogens with one attached hydrogen (secondary N) is 1. The molecule has 0 fully saturated rings. The minimum atomic E-state index is -0.893. The van der Waals surface area contributed by atoms with E-state index in [-0.39, 0.29) is 25.4 Å². The van der Waals surface area contributed by atoms with Crippen molar-refractivity contribution >= 4 is 28.5 Å². The van der Waals surface area contributed by atoms with Gasteiger partial charge in [0.15, 0.2) is 0 Å². The van der Waals surface area contributed by atoms with Gasteiger partial charge in [-0.05, 0) is 24.6 Å². The van der Waals surface area contributed by atoms with E-state index in [4.69, 9.17) is 34.2 Å². The molecule has 1 heterocycles. The predicted molar refractivity (Wildman–Crippen MR) is 124 cm³/mol. The molecule has 1 aromatic heterocycles. The Hall–Kier alpha value is -2.99. The molecule has 34 heavy (non-hydrogen) atoms. The third-order valence-electron chi connectivity index (χ3n) is 4.79. The highest BCUT2D eigenvalue weighted by molar-refractivity contribution is 5.86. The summed E-state index contributed by atoms with van der Waals surface area (Å²) >= 11 is 0. The van der Waals surface area contributed by atoms with Crippen molar-refractivity contribution in [3.63, 3.8) is 0 Å². The third-order valence-corrected chi connectivity index (χ3v) is 4.79. The lowest BCUT2D eigenvalue weighted by Gasteiger charge is -2.10. The smallest absolute Gasteiger partial charge is 0.340 e. The molecule has 0 aliphatic rings. The number of fused-ring (bicyclic) bond motifs is 1. The molecule has 0 aliphatic carbocycles. The first kappa shape index (κ1) is 27.3. The highest BCUT2D eigenvalue weighted by Crippen LogP contribution is 2.21. The molecule has 0 saturated carbocycles. The molecular weight excluding hydrogens is 448 g/mol. The molecule has 0 aliphatic heterocycles. The van der Waals surface area contributed by atoms with E-state index in [9.17, 15) is 14.4 Å². The minimum Gasteiger partial charge on any atom is -0.481 e. The summed E-state index contributed by atoms with van der Waals surface area (Å²) in [5.74, 6) is -1.19. The molecule has 188 valence electrons. The first-order valence-corrected chi connectivity index (χ1v) is 11.0. The number of benzene rings is 1. The molecule has 2 rings (SSSR count). The largest absolute Gasteiger partial charge is 0.481 e. The summed E-state index contributed by atoms with van der Waals surface area (Å²) in [6.45, 7) is 4.81. The van der Waals surface area contributed by atoms with Gasteiger partial charge in [0.1, 0.15) is 5.58 Å². The molecule has 2 aromatic rings. The summed E-state index contributed by atoms with van der Waals surface area (Å²) in [5, 5.41) is 11.9. The van der Waals surface area contributed by atoms with Gasteiger partial charge in [-0.2, -0.15) is 0 Å². The van der Waals surface area contributed by atoms with Crippen molar-refractivity contribution in [2.75, 3.05) is 65.1 Å². The molecule has 0 radical (unpaired) electrons. The number of carboxylic acids is 1. The topological polar surface area (TPSA) is 160 Å². The van der Waals surface area contributed by atoms with Crippen molar-refractivity contribution in [2.45, 2.75) is 19.8 Å². The molecule has 0 atom stereocenters. The van der Waals surface area contributed by atoms with E-state index < -0.39 is 11.6 Å². The number of amides is 1. The maximum atomic E-state index is 12.3. The van der Waals surface area contributed by atoms with Gasteiger partial charge in [0.05, 0.1) is 71.3 Å². The van der Waals surface area contributed by atoms with Crippen LogP contribution in [0.3, 0.4) is 0 Å². The lowest BCUT2D eigenvalue weighted by molar-refractivity contribution is -0.138. The molecule has 11 nitrogen and oxygen atoms in total. The fourth-order valence-corrected chi connectivity index (χ4v) is 3.02. The van der Waals surface area contributed by atoms with Crippen LogP contribution in [0.25, 0.3) is 11.0 Å². The number of carbonyl (C=O) groups excluding carboxylic acids is 1. The Morgan fingerprint density at radius 3 is 2.18 bits per heavy atom. The second-order valence-electron chi connectivity index (χ2n) is 7.37. The summed E-state index contributed by atoms with van der Waals surface area (Å²) in [5.41, 5.74) is 7.09. The van der Waals surface area contributed by atoms with Gasteiger partial charge in [-0.3, -0.25) is 9.59 Å². The zero-order valence-electron chi connectivity index (χ0n) is 19.3. The summed E-state index contributed by atoms with van der Waals surface area (Å²) in [6, 6.07) is 5.08. The van der Waals surface area contributed by atoms with Crippen LogP contribution in [0.1, 0.15) is 17.5 Å². The molecule has 11 heteroatoms. The van der Waals surface area contributed by atoms with Crippen LogP contribution >= 0.6 is 0 Å². The lowest BCUT2D eigenvalue weighted by Crippen LogP contribution is -2.30. The van der Waals surface area contributed by atoms with Gasteiger partial charge in [-0.25, -0.2) is 4.79 Å². The van der Waals surface area contributed by atoms with Gasteiger partial charge in [-0.1, -0.05) is 0 Å². The number of hydrogen-bond acceptors (Lipinski definition) is 9. The highest BCUT2D eigenvalue weighted by atomic mass is 16.6. The summed E-state index contributed by atoms with van der Waals surface area (Å²) in [6.07, 6.45) is -0.105. The first-order valence-electron chi connectivity index (χ1n) is 11.0. The number of aliphatic carboxylic acids is 1. The average Bonchev–Trinajstić information content (AvgIpc) is 2.78. The molecule has 0 bridgehead atoms. The zero-order valence-corrected chi connectivity index (χ0v) is 19.3. The van der Waals surface area contributed by atoms with E-state index >= 15 is 0 Å². The Bertz CT molecular complexity index is 990. The minimum absolute atomic E-state index is 0.0234. The molecule has 0 saturated heterocycles. The van der Waals surface area contributed by atoms with Gasteiger partial charge in [-0.15, -0.1) is 0 Å². The lowest BCUT2D eigenvalue weighted by atomic mass is 10.0. The van der Waals surface area contributed by atoms with Crippen LogP contribution in [0.4, 0.5) is 5.69 Å². The second kappa shape index (κ2) is 15.0. The standard InChI is InChI=1S/C23H32N2O9/c1-16-18-3-2-17(24)14-20(18)34-23(29)19(16)15-21(26)25-5-7-31-9-11-33-13-12-32-10-8-30-6-4-22(27)28/h2-3,14H,4-13,15,24H2,1H3,(H,25,26)(H,27,28). The summed E-state index contributed by atoms with van der Waals surface area (Å²) in [4.78, 5) is 34.8. The number of anilines is 1. The Morgan fingerprint density at radius 1 is 0.971 bits per heavy atom. The number of carbonyl (C=O) groups is 2. The number of aryl methyl sites for hydroxylation is 1. The maximum Gasteiger partial charge on any atom is 0.340 e. The van der Waals surface area contributed by atoms with Crippen LogP contribution in [0, 0.1) is 6.92 Å². The van der Waals surface area contributed by atoms with Crippen molar-refractivity contribution in [1.82, 2.24) is 5.32 Å². The van der Waals surface area contributed by atoms with Crippen LogP contribution < -0.4 is 16.7 Å². The Kier molecular flexibility index (Phi) is 12.0. The maximum absolute atomic E-state index is 12.3. The number of nitrogens with two attached hydrogens (primary N) is 1. The Balaban J connectivity index is 1.51. The van der Waals surface area contributed by atoms with Crippen LogP contribution in [0.2, 0.25) is 0 Å². The van der Waals surface area contributed by atoms with Crippen molar-refractivity contribution in [3.05, 3.63) is 39.7 Å². The fourth-order valence-electron chi connectivity index (χ4n) is 3.02. The van der Waals surface area contributed by atoms with E-state index in [0.717, 1.165) is 5.39 Å². The van der Waals surface area contributed by atoms with Gasteiger partial charge in [0.2, 0.25) is 5.91 Å². The van der Waals surface area contributed by atoms with Crippen LogP contribution in [0.15, 0.2) is 27.4 Å². The van der Waals surface area contributed by atoms with E-state index in [1.54, 1.807) is 25.1 Å². The number of ether oxygens (including phenoxy) is 4. The van der Waals surface area contributed by atoms with Gasteiger partial charge in [0, 0.05) is 23.7 Å². The van der Waals surface area contributed by atoms with E-state index in [1.807, 2.05) is 0 Å². The molecule has 1 amide bonds. The van der Waals surface area contributed by atoms with Gasteiger partial charge >= 0.3 is 11.6 Å². The number of hydrogen-bond donors (Lipinski definition) is 3. The highest BCUT2D eigenvalue weighted by Gasteiger charge is 2.15. The van der Waals surface area contributed by atoms with Crippen molar-refractivity contribution in [3.8, 4) is 0 Å². The van der Waals surface area contributed by atoms with Gasteiger partial charge < -0.3 is 39.5 Å². The zero-order chi connectivity index (χ0) is 24.8. The predicted octanol–water partition coefficient (Wildman–Crippen LogP) is 0.883. The third kappa shape index (κ3) is 9.87. The summed E-state index contributed by atoms with van der Waals surface area (Å²) < 4.78 is 26.4.